The van der Waals surface area contributed by atoms with Crippen molar-refractivity contribution in [3.05, 3.63) is 55.0 Å². The molecule has 0 aliphatic heterocycles. The number of hydrogen-bond acceptors (Lipinski definition) is 3. The second-order valence-electron chi connectivity index (χ2n) is 4.78. The van der Waals surface area contributed by atoms with Gasteiger partial charge >= 0.3 is 0 Å². The molecule has 1 aromatic carbocycles. The molecule has 0 aliphatic rings. The molecule has 2 aromatic heterocycles. The Morgan fingerprint density at radius 3 is 2.85 bits per heavy atom. The van der Waals surface area contributed by atoms with Gasteiger partial charge in [0, 0.05) is 24.3 Å². The third-order valence-electron chi connectivity index (χ3n) is 3.38. The van der Waals surface area contributed by atoms with E-state index in [0.717, 1.165) is 18.7 Å². The van der Waals surface area contributed by atoms with Crippen LogP contribution in [0.1, 0.15) is 13.3 Å². The summed E-state index contributed by atoms with van der Waals surface area (Å²) in [5.74, 6) is 0. The number of pyridine rings is 1. The summed E-state index contributed by atoms with van der Waals surface area (Å²) < 4.78 is 2.16. The SMILES string of the molecule is CCCN(c1ccncc1N)n1ccc2ccccc21. The molecule has 0 saturated carbocycles. The lowest BCUT2D eigenvalue weighted by atomic mass is 10.2. The van der Waals surface area contributed by atoms with E-state index in [9.17, 15) is 0 Å². The number of hydrogen-bond donors (Lipinski definition) is 1. The number of nitrogens with two attached hydrogens (primary N) is 1. The molecule has 0 unspecified atom stereocenters. The van der Waals surface area contributed by atoms with Gasteiger partial charge in [0.05, 0.1) is 23.1 Å². The average Bonchev–Trinajstić information content (AvgIpc) is 2.90. The number of rotatable bonds is 4. The third-order valence-corrected chi connectivity index (χ3v) is 3.38. The molecule has 20 heavy (non-hydrogen) atoms. The minimum atomic E-state index is 0.693. The highest BCUT2D eigenvalue weighted by Gasteiger charge is 2.12. The molecule has 3 rings (SSSR count). The molecule has 0 amide bonds. The third kappa shape index (κ3) is 2.09. The van der Waals surface area contributed by atoms with Crippen LogP contribution in [0.3, 0.4) is 0 Å². The standard InChI is InChI=1S/C16H18N4/c1-2-10-19(16-7-9-18-12-14(16)17)20-11-8-13-5-3-4-6-15(13)20/h3-9,11-12H,2,10,17H2,1H3. The first-order chi connectivity index (χ1) is 9.81. The van der Waals surface area contributed by atoms with Crippen molar-refractivity contribution >= 4 is 22.3 Å². The van der Waals surface area contributed by atoms with Crippen LogP contribution in [0.4, 0.5) is 11.4 Å². The van der Waals surface area contributed by atoms with Crippen LogP contribution in [-0.4, -0.2) is 16.2 Å². The van der Waals surface area contributed by atoms with Crippen molar-refractivity contribution in [2.75, 3.05) is 17.3 Å². The van der Waals surface area contributed by atoms with Crippen molar-refractivity contribution in [2.24, 2.45) is 0 Å². The molecule has 0 saturated heterocycles. The van der Waals surface area contributed by atoms with E-state index in [1.54, 1.807) is 12.4 Å². The van der Waals surface area contributed by atoms with Gasteiger partial charge in [0.25, 0.3) is 0 Å². The van der Waals surface area contributed by atoms with Crippen molar-refractivity contribution in [1.82, 2.24) is 9.66 Å². The molecular weight excluding hydrogens is 248 g/mol. The molecule has 2 heterocycles. The lowest BCUT2D eigenvalue weighted by Crippen LogP contribution is -2.30. The number of fused-ring (bicyclic) bond motifs is 1. The van der Waals surface area contributed by atoms with Gasteiger partial charge in [-0.1, -0.05) is 25.1 Å². The topological polar surface area (TPSA) is 47.1 Å². The molecule has 0 fully saturated rings. The van der Waals surface area contributed by atoms with E-state index < -0.39 is 0 Å². The van der Waals surface area contributed by atoms with Crippen LogP contribution in [-0.2, 0) is 0 Å². The first-order valence-electron chi connectivity index (χ1n) is 6.84. The second-order valence-corrected chi connectivity index (χ2v) is 4.78. The van der Waals surface area contributed by atoms with Crippen molar-refractivity contribution in [2.45, 2.75) is 13.3 Å². The lowest BCUT2D eigenvalue weighted by Gasteiger charge is -2.27. The van der Waals surface area contributed by atoms with Crippen LogP contribution in [0.2, 0.25) is 0 Å². The van der Waals surface area contributed by atoms with E-state index in [1.165, 1.54) is 10.9 Å². The van der Waals surface area contributed by atoms with Gasteiger partial charge in [-0.3, -0.25) is 14.7 Å². The summed E-state index contributed by atoms with van der Waals surface area (Å²) in [6.07, 6.45) is 6.60. The molecular formula is C16H18N4. The number of para-hydroxylation sites is 1. The summed E-state index contributed by atoms with van der Waals surface area (Å²) in [5.41, 5.74) is 8.94. The van der Waals surface area contributed by atoms with Gasteiger partial charge in [0.15, 0.2) is 0 Å². The fourth-order valence-electron chi connectivity index (χ4n) is 2.47. The predicted octanol–water partition coefficient (Wildman–Crippen LogP) is 3.30. The maximum Gasteiger partial charge on any atom is 0.0838 e. The predicted molar refractivity (Wildman–Crippen MR) is 83.6 cm³/mol. The molecule has 102 valence electrons. The Balaban J connectivity index is 2.14. The number of nitrogens with zero attached hydrogens (tertiary/aromatic N) is 3. The van der Waals surface area contributed by atoms with E-state index in [-0.39, 0.29) is 0 Å². The van der Waals surface area contributed by atoms with E-state index in [0.29, 0.717) is 5.69 Å². The summed E-state index contributed by atoms with van der Waals surface area (Å²) in [7, 11) is 0. The molecule has 3 aromatic rings. The fraction of sp³-hybridized carbons (Fsp3) is 0.188. The molecule has 0 spiro atoms. The number of nitrogen functional groups attached to an aromatic ring is 1. The molecule has 0 atom stereocenters. The van der Waals surface area contributed by atoms with E-state index in [1.807, 2.05) is 6.07 Å². The molecule has 2 N–H and O–H groups in total. The summed E-state index contributed by atoms with van der Waals surface area (Å²) in [6.45, 7) is 3.06. The molecule has 0 radical (unpaired) electrons. The molecule has 0 bridgehead atoms. The summed E-state index contributed by atoms with van der Waals surface area (Å²) in [6, 6.07) is 12.4. The lowest BCUT2D eigenvalue weighted by molar-refractivity contribution is 0.697. The summed E-state index contributed by atoms with van der Waals surface area (Å²) in [4.78, 5) is 4.07. The van der Waals surface area contributed by atoms with Crippen LogP contribution in [0.25, 0.3) is 10.9 Å². The molecule has 0 aliphatic carbocycles. The van der Waals surface area contributed by atoms with Crippen LogP contribution < -0.4 is 10.7 Å². The first kappa shape index (κ1) is 12.5. The Bertz CT molecular complexity index is 717. The van der Waals surface area contributed by atoms with Gasteiger partial charge in [-0.05, 0) is 24.6 Å². The van der Waals surface area contributed by atoms with Crippen LogP contribution >= 0.6 is 0 Å². The van der Waals surface area contributed by atoms with Crippen LogP contribution in [0, 0.1) is 0 Å². The van der Waals surface area contributed by atoms with E-state index in [2.05, 4.69) is 58.1 Å². The maximum absolute atomic E-state index is 6.08. The minimum absolute atomic E-state index is 0.693. The maximum atomic E-state index is 6.08. The van der Waals surface area contributed by atoms with Crippen LogP contribution in [0.15, 0.2) is 55.0 Å². The Morgan fingerprint density at radius 1 is 1.20 bits per heavy atom. The van der Waals surface area contributed by atoms with Gasteiger partial charge in [-0.2, -0.15) is 0 Å². The van der Waals surface area contributed by atoms with Gasteiger partial charge in [-0.25, -0.2) is 0 Å². The number of anilines is 2. The number of benzene rings is 1. The van der Waals surface area contributed by atoms with Gasteiger partial charge in [0.1, 0.15) is 0 Å². The fourth-order valence-corrected chi connectivity index (χ4v) is 2.47. The Morgan fingerprint density at radius 2 is 2.05 bits per heavy atom. The average molecular weight is 266 g/mol. The zero-order valence-corrected chi connectivity index (χ0v) is 11.5. The molecule has 4 heteroatoms. The summed E-state index contributed by atoms with van der Waals surface area (Å²) in [5, 5.41) is 3.42. The molecule has 4 nitrogen and oxygen atoms in total. The van der Waals surface area contributed by atoms with Gasteiger partial charge in [0.2, 0.25) is 0 Å². The Labute approximate surface area is 118 Å². The number of aromatic nitrogens is 2. The van der Waals surface area contributed by atoms with Crippen molar-refractivity contribution in [1.29, 1.82) is 0 Å². The van der Waals surface area contributed by atoms with Crippen molar-refractivity contribution in [3.8, 4) is 0 Å². The monoisotopic (exact) mass is 266 g/mol. The zero-order valence-electron chi connectivity index (χ0n) is 11.5. The Hall–Kier alpha value is -2.49. The van der Waals surface area contributed by atoms with Crippen LogP contribution in [0.5, 0.6) is 0 Å². The first-order valence-corrected chi connectivity index (χ1v) is 6.84. The van der Waals surface area contributed by atoms with E-state index in [4.69, 9.17) is 5.73 Å². The van der Waals surface area contributed by atoms with E-state index >= 15 is 0 Å². The van der Waals surface area contributed by atoms with Gasteiger partial charge < -0.3 is 5.73 Å². The second kappa shape index (κ2) is 5.25. The quantitative estimate of drug-likeness (QED) is 0.788. The highest BCUT2D eigenvalue weighted by atomic mass is 15.5. The van der Waals surface area contributed by atoms with Gasteiger partial charge in [-0.15, -0.1) is 0 Å². The highest BCUT2D eigenvalue weighted by molar-refractivity contribution is 5.81. The van der Waals surface area contributed by atoms with Crippen molar-refractivity contribution in [3.63, 3.8) is 0 Å². The minimum Gasteiger partial charge on any atom is -0.396 e. The summed E-state index contributed by atoms with van der Waals surface area (Å²) >= 11 is 0. The largest absolute Gasteiger partial charge is 0.396 e. The normalized spacial score (nSPS) is 10.8. The smallest absolute Gasteiger partial charge is 0.0838 e. The zero-order chi connectivity index (χ0) is 13.9. The van der Waals surface area contributed by atoms with Crippen molar-refractivity contribution < 1.29 is 0 Å². The Kier molecular flexibility index (Phi) is 3.29. The highest BCUT2D eigenvalue weighted by Crippen LogP contribution is 2.25.